The first-order valence-corrected chi connectivity index (χ1v) is 7.31. The number of likely N-dealkylation sites (tertiary alicyclic amines) is 1. The van der Waals surface area contributed by atoms with Gasteiger partial charge in [-0.2, -0.15) is 0 Å². The van der Waals surface area contributed by atoms with Gasteiger partial charge in [0, 0.05) is 26.6 Å². The lowest BCUT2D eigenvalue weighted by Crippen LogP contribution is -2.47. The number of amides is 2. The van der Waals surface area contributed by atoms with Crippen LogP contribution in [0.4, 0.5) is 4.79 Å². The van der Waals surface area contributed by atoms with Gasteiger partial charge in [0.05, 0.1) is 6.10 Å². The molecule has 2 atom stereocenters. The number of carboxylic acids is 1. The van der Waals surface area contributed by atoms with E-state index in [-0.39, 0.29) is 17.6 Å². The number of nitrogens with zero attached hydrogens (tertiary/aromatic N) is 1. The molecule has 0 bridgehead atoms. The van der Waals surface area contributed by atoms with Crippen molar-refractivity contribution in [2.75, 3.05) is 20.2 Å². The van der Waals surface area contributed by atoms with E-state index < -0.39 is 12.0 Å². The van der Waals surface area contributed by atoms with Crippen molar-refractivity contribution in [1.82, 2.24) is 10.2 Å². The van der Waals surface area contributed by atoms with Crippen molar-refractivity contribution in [3.63, 3.8) is 0 Å². The molecule has 1 heterocycles. The fraction of sp³-hybridized carbons (Fsp3) is 0.857. The normalized spacial score (nSPS) is 27.4. The number of methoxy groups -OCH3 is 1. The maximum Gasteiger partial charge on any atom is 0.326 e. The van der Waals surface area contributed by atoms with Crippen LogP contribution in [0.3, 0.4) is 0 Å². The molecule has 0 aromatic carbocycles. The number of rotatable bonds is 6. The fourth-order valence-corrected chi connectivity index (χ4v) is 3.01. The molecule has 1 aliphatic carbocycles. The molecule has 2 fully saturated rings. The highest BCUT2D eigenvalue weighted by molar-refractivity contribution is 5.83. The van der Waals surface area contributed by atoms with Gasteiger partial charge in [-0.15, -0.1) is 0 Å². The number of carbonyl (C=O) groups is 2. The minimum Gasteiger partial charge on any atom is -0.480 e. The smallest absolute Gasteiger partial charge is 0.326 e. The molecule has 2 rings (SSSR count). The van der Waals surface area contributed by atoms with Crippen molar-refractivity contribution < 1.29 is 19.4 Å². The van der Waals surface area contributed by atoms with Gasteiger partial charge in [0.25, 0.3) is 0 Å². The lowest BCUT2D eigenvalue weighted by molar-refractivity contribution is -0.141. The Balaban J connectivity index is 1.89. The third-order valence-corrected chi connectivity index (χ3v) is 4.49. The van der Waals surface area contributed by atoms with E-state index in [1.807, 2.05) is 0 Å². The Morgan fingerprint density at radius 1 is 1.45 bits per heavy atom. The topological polar surface area (TPSA) is 78.9 Å². The number of ether oxygens (including phenoxy) is 1. The zero-order valence-electron chi connectivity index (χ0n) is 12.2. The maximum atomic E-state index is 12.2. The second-order valence-corrected chi connectivity index (χ2v) is 6.01. The third-order valence-electron chi connectivity index (χ3n) is 4.49. The maximum absolute atomic E-state index is 12.2. The average Bonchev–Trinajstić information content (AvgIpc) is 3.04. The molecular formula is C14H24N2O4. The van der Waals surface area contributed by atoms with Crippen molar-refractivity contribution in [2.24, 2.45) is 5.41 Å². The summed E-state index contributed by atoms with van der Waals surface area (Å²) in [5, 5.41) is 12.1. The molecule has 0 spiro atoms. The van der Waals surface area contributed by atoms with Crippen molar-refractivity contribution in [1.29, 1.82) is 0 Å². The Labute approximate surface area is 119 Å². The van der Waals surface area contributed by atoms with Crippen LogP contribution in [0.15, 0.2) is 0 Å². The first-order chi connectivity index (χ1) is 9.51. The Hall–Kier alpha value is -1.30. The van der Waals surface area contributed by atoms with Gasteiger partial charge in [0.15, 0.2) is 0 Å². The molecule has 2 amide bonds. The summed E-state index contributed by atoms with van der Waals surface area (Å²) in [4.78, 5) is 24.8. The molecular weight excluding hydrogens is 260 g/mol. The fourth-order valence-electron chi connectivity index (χ4n) is 3.01. The van der Waals surface area contributed by atoms with E-state index in [9.17, 15) is 14.7 Å². The summed E-state index contributed by atoms with van der Waals surface area (Å²) in [6.45, 7) is 3.15. The first kappa shape index (κ1) is 15.1. The molecule has 2 aliphatic rings. The zero-order valence-corrected chi connectivity index (χ0v) is 12.2. The van der Waals surface area contributed by atoms with Gasteiger partial charge >= 0.3 is 12.0 Å². The Kier molecular flexibility index (Phi) is 4.52. The molecule has 6 nitrogen and oxygen atoms in total. The van der Waals surface area contributed by atoms with Gasteiger partial charge in [-0.1, -0.05) is 13.3 Å². The second-order valence-electron chi connectivity index (χ2n) is 6.01. The molecule has 0 aromatic heterocycles. The highest BCUT2D eigenvalue weighted by atomic mass is 16.5. The summed E-state index contributed by atoms with van der Waals surface area (Å²) < 4.78 is 5.18. The van der Waals surface area contributed by atoms with E-state index in [4.69, 9.17) is 4.74 Å². The van der Waals surface area contributed by atoms with E-state index in [0.717, 1.165) is 25.7 Å². The number of carboxylic acid groups (broad SMARTS) is 1. The average molecular weight is 284 g/mol. The van der Waals surface area contributed by atoms with Crippen LogP contribution in [0.2, 0.25) is 0 Å². The monoisotopic (exact) mass is 284 g/mol. The molecule has 0 radical (unpaired) electrons. The number of hydrogen-bond donors (Lipinski definition) is 2. The first-order valence-electron chi connectivity index (χ1n) is 7.31. The molecule has 1 saturated carbocycles. The van der Waals surface area contributed by atoms with Gasteiger partial charge in [0.2, 0.25) is 0 Å². The summed E-state index contributed by atoms with van der Waals surface area (Å²) >= 11 is 0. The molecule has 2 unspecified atom stereocenters. The summed E-state index contributed by atoms with van der Waals surface area (Å²) in [5.74, 6) is -0.964. The standard InChI is InChI=1S/C14H24N2O4/c1-3-4-14(5-6-14)9-15-13(19)16-8-10(20-2)7-11(16)12(17)18/h10-11H,3-9H2,1-2H3,(H,15,19)(H,17,18). The summed E-state index contributed by atoms with van der Waals surface area (Å²) in [5.41, 5.74) is 0.267. The molecule has 114 valence electrons. The van der Waals surface area contributed by atoms with Crippen LogP contribution >= 0.6 is 0 Å². The van der Waals surface area contributed by atoms with Crippen LogP contribution < -0.4 is 5.32 Å². The SMILES string of the molecule is CCCC1(CNC(=O)N2CC(OC)CC2C(=O)O)CC1. The van der Waals surface area contributed by atoms with Gasteiger partial charge in [0.1, 0.15) is 6.04 Å². The Morgan fingerprint density at radius 2 is 2.15 bits per heavy atom. The minimum absolute atomic E-state index is 0.188. The van der Waals surface area contributed by atoms with Gasteiger partial charge < -0.3 is 20.1 Å². The van der Waals surface area contributed by atoms with Crippen LogP contribution in [0, 0.1) is 5.41 Å². The van der Waals surface area contributed by atoms with E-state index in [1.54, 1.807) is 7.11 Å². The number of urea groups is 1. The number of aliphatic carboxylic acids is 1. The van der Waals surface area contributed by atoms with Gasteiger partial charge in [-0.25, -0.2) is 9.59 Å². The predicted octanol–water partition coefficient (Wildman–Crippen LogP) is 1.45. The van der Waals surface area contributed by atoms with Crippen molar-refractivity contribution >= 4 is 12.0 Å². The highest BCUT2D eigenvalue weighted by Gasteiger charge is 2.44. The number of hydrogen-bond acceptors (Lipinski definition) is 3. The van der Waals surface area contributed by atoms with Crippen LogP contribution in [-0.2, 0) is 9.53 Å². The number of nitrogens with one attached hydrogen (secondary N) is 1. The van der Waals surface area contributed by atoms with E-state index >= 15 is 0 Å². The van der Waals surface area contributed by atoms with Gasteiger partial charge in [-0.3, -0.25) is 0 Å². The zero-order chi connectivity index (χ0) is 14.8. The highest BCUT2D eigenvalue weighted by Crippen LogP contribution is 2.48. The van der Waals surface area contributed by atoms with E-state index in [2.05, 4.69) is 12.2 Å². The lowest BCUT2D eigenvalue weighted by Gasteiger charge is -2.23. The molecule has 0 aromatic rings. The summed E-state index contributed by atoms with van der Waals surface area (Å²) in [6.07, 6.45) is 4.72. The van der Waals surface area contributed by atoms with Crippen LogP contribution in [0.25, 0.3) is 0 Å². The Bertz CT molecular complexity index is 381. The lowest BCUT2D eigenvalue weighted by atomic mass is 10.0. The second kappa shape index (κ2) is 5.99. The van der Waals surface area contributed by atoms with Crippen molar-refractivity contribution in [3.8, 4) is 0 Å². The largest absolute Gasteiger partial charge is 0.480 e. The minimum atomic E-state index is -0.964. The van der Waals surface area contributed by atoms with E-state index in [0.29, 0.717) is 19.5 Å². The summed E-state index contributed by atoms with van der Waals surface area (Å²) in [6, 6.07) is -1.05. The Morgan fingerprint density at radius 3 is 2.65 bits per heavy atom. The summed E-state index contributed by atoms with van der Waals surface area (Å²) in [7, 11) is 1.55. The van der Waals surface area contributed by atoms with Crippen LogP contribution in [0.5, 0.6) is 0 Å². The molecule has 2 N–H and O–H groups in total. The molecule has 1 aliphatic heterocycles. The van der Waals surface area contributed by atoms with Crippen LogP contribution in [0.1, 0.15) is 39.0 Å². The van der Waals surface area contributed by atoms with E-state index in [1.165, 1.54) is 4.90 Å². The van der Waals surface area contributed by atoms with Gasteiger partial charge in [-0.05, 0) is 24.7 Å². The molecule has 6 heteroatoms. The molecule has 1 saturated heterocycles. The van der Waals surface area contributed by atoms with Crippen LogP contribution in [-0.4, -0.2) is 54.4 Å². The number of carbonyl (C=O) groups excluding carboxylic acids is 1. The predicted molar refractivity (Wildman–Crippen MR) is 73.5 cm³/mol. The molecule has 20 heavy (non-hydrogen) atoms. The van der Waals surface area contributed by atoms with Crippen molar-refractivity contribution in [3.05, 3.63) is 0 Å². The quantitative estimate of drug-likeness (QED) is 0.774. The van der Waals surface area contributed by atoms with Crippen molar-refractivity contribution in [2.45, 2.75) is 51.2 Å². The third kappa shape index (κ3) is 3.23.